The van der Waals surface area contributed by atoms with Gasteiger partial charge in [-0.25, -0.2) is 4.79 Å². The van der Waals surface area contributed by atoms with Crippen molar-refractivity contribution >= 4 is 86.8 Å². The standard InChI is InChI=1S/C73H118N12O16S/c1-17-20-36-84(62(89)45-57(97-15)66(50(10)18-2)83(14)72(95)64(48(6)7)80-71(94)65(49(8)9)82(12)13)46-58(98-16)51(11)67(90)78-56(44-52-25-22-21-23-26-52)69(92)81-102(19-3)54-30-28-53(29-31-54)76-68(91)55(27-24-35-75-73(74)96)77-70(93)63(47(4)5)79-59(86)34-38-99-40-42-101-43-41-100-39-37-85-60(87)32-33-61(85)88/h19,21-23,25-26,28-33,47-51,55-58,63-66H,17-18,20,24,27,34-46H2,1-16H3,(H,76,91)(H,77,93)(H,78,90)(H,79,86)(H,80,94)(H,81,92)(H3,74,75,96)/t50-,51+,55-,56-,57+,58-,63-,64-,65-,66-,102?/m0/s1. The van der Waals surface area contributed by atoms with Crippen LogP contribution in [0.25, 0.3) is 0 Å². The number of hydrogen-bond acceptors (Lipinski definition) is 17. The molecule has 0 aromatic heterocycles. The Morgan fingerprint density at radius 3 is 1.77 bits per heavy atom. The van der Waals surface area contributed by atoms with Crippen molar-refractivity contribution in [1.82, 2.24) is 50.9 Å². The molecule has 0 aliphatic carbocycles. The van der Waals surface area contributed by atoms with Crippen LogP contribution >= 0.6 is 10.7 Å². The molecule has 28 nitrogen and oxygen atoms in total. The summed E-state index contributed by atoms with van der Waals surface area (Å²) in [6, 6.07) is 10.1. The van der Waals surface area contributed by atoms with Crippen molar-refractivity contribution in [1.29, 1.82) is 0 Å². The number of benzene rings is 2. The van der Waals surface area contributed by atoms with Crippen LogP contribution in [0.1, 0.15) is 127 Å². The Morgan fingerprint density at radius 2 is 1.24 bits per heavy atom. The van der Waals surface area contributed by atoms with E-state index in [-0.39, 0.29) is 139 Å². The Kier molecular flexibility index (Phi) is 40.7. The summed E-state index contributed by atoms with van der Waals surface area (Å²) in [7, 11) is 7.33. The van der Waals surface area contributed by atoms with Crippen LogP contribution in [0, 0.1) is 29.6 Å². The van der Waals surface area contributed by atoms with Gasteiger partial charge in [-0.3, -0.25) is 57.7 Å². The second kappa shape index (κ2) is 46.8. The minimum absolute atomic E-state index is 0.0133. The smallest absolute Gasteiger partial charge is 0.312 e. The van der Waals surface area contributed by atoms with E-state index in [9.17, 15) is 52.7 Å². The van der Waals surface area contributed by atoms with Gasteiger partial charge in [-0.05, 0) is 99.1 Å². The number of nitrogens with two attached hydrogens (primary N) is 1. The average Bonchev–Trinajstić information content (AvgIpc) is 1.09. The molecule has 0 saturated heterocycles. The number of amides is 12. The maximum absolute atomic E-state index is 14.7. The number of unbranched alkanes of at least 4 members (excludes halogenated alkanes) is 1. The van der Waals surface area contributed by atoms with Gasteiger partial charge in [0, 0.05) is 76.5 Å². The van der Waals surface area contributed by atoms with Gasteiger partial charge in [0.2, 0.25) is 41.4 Å². The lowest BCUT2D eigenvalue weighted by Gasteiger charge is -2.41. The summed E-state index contributed by atoms with van der Waals surface area (Å²) >= 11 is 0. The topological polar surface area (TPSA) is 357 Å². The van der Waals surface area contributed by atoms with Crippen molar-refractivity contribution in [2.75, 3.05) is 106 Å². The van der Waals surface area contributed by atoms with Gasteiger partial charge < -0.3 is 75.8 Å². The SMILES string of the molecule is C/C=S(/NC(=O)[C@H](Cc1ccccc1)NC(=O)[C@H](C)[C@H](CN(CCCC)C(=O)C[C@@H](OC)[C@H]([C@@H](C)CC)N(C)C(=O)[C@@H](NC(=O)[C@H](C(C)C)N(C)C)C(C)C)OC)c1ccc(NC(=O)[C@H](CCCNC(N)=O)NC(=O)[C@@H](NC(=O)CCOCCOCCOCCN2C(=O)C=CC2=O)C(C)C)cc1. The Morgan fingerprint density at radius 1 is 0.647 bits per heavy atom. The normalized spacial score (nSPS) is 15.5. The van der Waals surface area contributed by atoms with Crippen LogP contribution in [0.3, 0.4) is 0 Å². The largest absolute Gasteiger partial charge is 0.379 e. The number of imide groups is 1. The minimum Gasteiger partial charge on any atom is -0.379 e. The van der Waals surface area contributed by atoms with E-state index in [4.69, 9.17) is 29.4 Å². The molecule has 2 aromatic rings. The van der Waals surface area contributed by atoms with Gasteiger partial charge in [-0.1, -0.05) is 123 Å². The molecule has 3 rings (SSSR count). The molecule has 572 valence electrons. The minimum atomic E-state index is -1.12. The number of likely N-dealkylation sites (N-methyl/N-ethyl adjacent to an activating group) is 2. The van der Waals surface area contributed by atoms with Crippen LogP contribution in [-0.2, 0) is 78.1 Å². The lowest BCUT2D eigenvalue weighted by molar-refractivity contribution is -0.147. The molecule has 0 saturated carbocycles. The van der Waals surface area contributed by atoms with Crippen molar-refractivity contribution in [3.05, 3.63) is 72.3 Å². The molecule has 9 N–H and O–H groups in total. The van der Waals surface area contributed by atoms with E-state index in [0.29, 0.717) is 30.0 Å². The third-order valence-corrected chi connectivity index (χ3v) is 19.4. The first-order valence-electron chi connectivity index (χ1n) is 35.5. The first-order valence-corrected chi connectivity index (χ1v) is 36.8. The van der Waals surface area contributed by atoms with Crippen LogP contribution < -0.4 is 42.4 Å². The Balaban J connectivity index is 1.74. The van der Waals surface area contributed by atoms with Crippen molar-refractivity contribution in [2.24, 2.45) is 35.3 Å². The summed E-state index contributed by atoms with van der Waals surface area (Å²) in [6.07, 6.45) is 3.23. The molecule has 0 fully saturated rings. The highest BCUT2D eigenvalue weighted by Gasteiger charge is 2.40. The predicted molar refractivity (Wildman–Crippen MR) is 393 cm³/mol. The third-order valence-electron chi connectivity index (χ3n) is 17.8. The molecule has 29 heteroatoms. The molecule has 1 aliphatic heterocycles. The van der Waals surface area contributed by atoms with E-state index in [1.165, 1.54) is 26.4 Å². The Labute approximate surface area is 606 Å². The second-order valence-corrected chi connectivity index (χ2v) is 28.6. The van der Waals surface area contributed by atoms with Crippen LogP contribution in [0.2, 0.25) is 0 Å². The molecule has 0 radical (unpaired) electrons. The van der Waals surface area contributed by atoms with Gasteiger partial charge in [-0.15, -0.1) is 0 Å². The van der Waals surface area contributed by atoms with Gasteiger partial charge in [0.15, 0.2) is 0 Å². The molecule has 102 heavy (non-hydrogen) atoms. The lowest BCUT2D eigenvalue weighted by atomic mass is 9.89. The van der Waals surface area contributed by atoms with E-state index >= 15 is 0 Å². The van der Waals surface area contributed by atoms with Crippen molar-refractivity contribution in [2.45, 2.75) is 181 Å². The van der Waals surface area contributed by atoms with Crippen LogP contribution in [0.5, 0.6) is 0 Å². The molecule has 0 bridgehead atoms. The lowest BCUT2D eigenvalue weighted by Crippen LogP contribution is -2.59. The molecule has 1 heterocycles. The zero-order chi connectivity index (χ0) is 76.2. The van der Waals surface area contributed by atoms with Gasteiger partial charge in [0.25, 0.3) is 17.7 Å². The summed E-state index contributed by atoms with van der Waals surface area (Å²) in [5, 5.41) is 18.7. The number of hydrogen-bond donors (Lipinski definition) is 8. The molecule has 0 spiro atoms. The predicted octanol–water partition coefficient (Wildman–Crippen LogP) is 4.56. The number of rotatable bonds is 49. The summed E-state index contributed by atoms with van der Waals surface area (Å²) in [4.78, 5) is 155. The van der Waals surface area contributed by atoms with Crippen LogP contribution in [0.4, 0.5) is 10.5 Å². The zero-order valence-electron chi connectivity index (χ0n) is 63.0. The average molecular weight is 1450 g/mol. The number of methoxy groups -OCH3 is 2. The van der Waals surface area contributed by atoms with Gasteiger partial charge in [0.05, 0.1) is 82.8 Å². The van der Waals surface area contributed by atoms with Crippen molar-refractivity contribution < 1.29 is 76.4 Å². The zero-order valence-corrected chi connectivity index (χ0v) is 63.8. The highest BCUT2D eigenvalue weighted by molar-refractivity contribution is 8.13. The number of anilines is 1. The highest BCUT2D eigenvalue weighted by atomic mass is 32.2. The van der Waals surface area contributed by atoms with E-state index < -0.39 is 107 Å². The third kappa shape index (κ3) is 30.0. The quantitative estimate of drug-likeness (QED) is 0.0256. The Hall–Kier alpha value is -7.67. The van der Waals surface area contributed by atoms with Crippen LogP contribution in [-0.4, -0.2) is 240 Å². The highest BCUT2D eigenvalue weighted by Crippen LogP contribution is 2.27. The molecule has 12 amide bonds. The molecule has 1 aliphatic rings. The second-order valence-electron chi connectivity index (χ2n) is 26.8. The number of carbonyl (C=O) groups is 11. The first-order chi connectivity index (χ1) is 48.4. The number of carbonyl (C=O) groups excluding carboxylic acids is 11. The number of urea groups is 1. The number of nitrogens with zero attached hydrogens (tertiary/aromatic N) is 4. The first kappa shape index (κ1) is 88.5. The van der Waals surface area contributed by atoms with Gasteiger partial charge in [-0.2, -0.15) is 0 Å². The van der Waals surface area contributed by atoms with Crippen molar-refractivity contribution in [3.63, 3.8) is 0 Å². The van der Waals surface area contributed by atoms with Crippen LogP contribution in [0.15, 0.2) is 71.6 Å². The molecular formula is C73H118N12O16S. The molecule has 11 atom stereocenters. The fraction of sp³-hybridized carbons (Fsp3) is 0.644. The maximum atomic E-state index is 14.7. The maximum Gasteiger partial charge on any atom is 0.312 e. The van der Waals surface area contributed by atoms with Crippen molar-refractivity contribution in [3.8, 4) is 0 Å². The number of nitrogens with one attached hydrogen (secondary N) is 7. The molecule has 2 aromatic carbocycles. The summed E-state index contributed by atoms with van der Waals surface area (Å²) in [5.74, 6) is -5.83. The number of primary amides is 1. The van der Waals surface area contributed by atoms with Gasteiger partial charge >= 0.3 is 6.03 Å². The molecular weight excluding hydrogens is 1330 g/mol. The van der Waals surface area contributed by atoms with E-state index in [2.05, 4.69) is 36.6 Å². The monoisotopic (exact) mass is 1450 g/mol. The van der Waals surface area contributed by atoms with E-state index in [0.717, 1.165) is 16.9 Å². The Bertz CT molecular complexity index is 3040. The molecule has 1 unspecified atom stereocenters. The summed E-state index contributed by atoms with van der Waals surface area (Å²) in [5.41, 5.74) is 6.43. The fourth-order valence-corrected chi connectivity index (χ4v) is 13.0. The summed E-state index contributed by atoms with van der Waals surface area (Å²) < 4.78 is 31.7. The van der Waals surface area contributed by atoms with Gasteiger partial charge in [0.1, 0.15) is 24.2 Å². The summed E-state index contributed by atoms with van der Waals surface area (Å²) in [6.45, 7) is 22.4. The fourth-order valence-electron chi connectivity index (χ4n) is 11.7. The van der Waals surface area contributed by atoms with E-state index in [1.54, 1.807) is 74.2 Å². The van der Waals surface area contributed by atoms with E-state index in [1.807, 2.05) is 97.8 Å². The number of ether oxygens (including phenoxy) is 5.